The van der Waals surface area contributed by atoms with E-state index in [1.165, 1.54) is 11.0 Å². The molecule has 0 aliphatic heterocycles. The smallest absolute Gasteiger partial charge is 0.163 e. The summed E-state index contributed by atoms with van der Waals surface area (Å²) < 4.78 is 2.06. The van der Waals surface area contributed by atoms with E-state index in [0.717, 1.165) is 11.1 Å². The van der Waals surface area contributed by atoms with Crippen LogP contribution in [0.15, 0.2) is 18.3 Å². The minimum absolute atomic E-state index is 1.08. The van der Waals surface area contributed by atoms with Crippen molar-refractivity contribution < 1.29 is 0 Å². The Hall–Kier alpha value is -0.450. The molecule has 0 fully saturated rings. The lowest BCUT2D eigenvalue weighted by molar-refractivity contribution is 1.42. The Kier molecular flexibility index (Phi) is 1.90. The maximum Gasteiger partial charge on any atom is 0.163 e. The minimum Gasteiger partial charge on any atom is -0.288 e. The summed E-state index contributed by atoms with van der Waals surface area (Å²) in [5, 5.41) is 0. The Balaban J connectivity index is 2.87. The monoisotopic (exact) mass is 268 g/mol. The van der Waals surface area contributed by atoms with Gasteiger partial charge in [-0.3, -0.25) is 7.76 Å². The van der Waals surface area contributed by atoms with Gasteiger partial charge in [-0.2, -0.15) is 0 Å². The summed E-state index contributed by atoms with van der Waals surface area (Å²) >= 11 is 2.26. The van der Waals surface area contributed by atoms with Gasteiger partial charge < -0.3 is 0 Å². The van der Waals surface area contributed by atoms with E-state index < -0.39 is 0 Å². The second-order valence-electron chi connectivity index (χ2n) is 2.92. The zero-order chi connectivity index (χ0) is 8.72. The summed E-state index contributed by atoms with van der Waals surface area (Å²) in [6.07, 6.45) is 2.02. The number of halogens is 1. The van der Waals surface area contributed by atoms with Gasteiger partial charge in [0.1, 0.15) is 7.85 Å². The van der Waals surface area contributed by atoms with Crippen LogP contribution < -0.4 is 11.1 Å². The minimum atomic E-state index is 1.08. The van der Waals surface area contributed by atoms with Gasteiger partial charge in [-0.05, 0) is 17.7 Å². The SMILES string of the molecule is Bc1cc2c(ccn2I)nc1B. The van der Waals surface area contributed by atoms with Gasteiger partial charge in [0.05, 0.1) is 33.9 Å². The van der Waals surface area contributed by atoms with Crippen molar-refractivity contribution in [2.45, 2.75) is 0 Å². The van der Waals surface area contributed by atoms with E-state index in [1.54, 1.807) is 0 Å². The van der Waals surface area contributed by atoms with Gasteiger partial charge in [0, 0.05) is 6.20 Å². The van der Waals surface area contributed by atoms with E-state index in [4.69, 9.17) is 0 Å². The van der Waals surface area contributed by atoms with Gasteiger partial charge in [0.2, 0.25) is 0 Å². The molecule has 0 bridgehead atoms. The molecule has 0 aliphatic rings. The Morgan fingerprint density at radius 2 is 2.17 bits per heavy atom. The summed E-state index contributed by atoms with van der Waals surface area (Å²) in [7, 11) is 4.13. The van der Waals surface area contributed by atoms with Crippen molar-refractivity contribution in [1.29, 1.82) is 0 Å². The summed E-state index contributed by atoms with van der Waals surface area (Å²) in [5.41, 5.74) is 4.63. The van der Waals surface area contributed by atoms with Crippen LogP contribution in [0.2, 0.25) is 0 Å². The Bertz CT molecular complexity index is 438. The molecule has 0 aromatic carbocycles. The lowest BCUT2D eigenvalue weighted by Crippen LogP contribution is -2.28. The van der Waals surface area contributed by atoms with Gasteiger partial charge in [-0.1, -0.05) is 5.46 Å². The molecule has 0 unspecified atom stereocenters. The van der Waals surface area contributed by atoms with Crippen molar-refractivity contribution in [3.05, 3.63) is 18.3 Å². The first-order valence-electron chi connectivity index (χ1n) is 3.80. The zero-order valence-electron chi connectivity index (χ0n) is 7.00. The fourth-order valence-electron chi connectivity index (χ4n) is 1.22. The molecule has 0 aliphatic carbocycles. The molecule has 2 heterocycles. The van der Waals surface area contributed by atoms with E-state index in [-0.39, 0.29) is 0 Å². The second kappa shape index (κ2) is 2.80. The number of hydrogen-bond donors (Lipinski definition) is 0. The van der Waals surface area contributed by atoms with Crippen LogP contribution in [0, 0.1) is 0 Å². The predicted molar refractivity (Wildman–Crippen MR) is 65.5 cm³/mol. The van der Waals surface area contributed by atoms with Crippen LogP contribution in [0.25, 0.3) is 11.0 Å². The van der Waals surface area contributed by atoms with Crippen LogP contribution in [0.3, 0.4) is 0 Å². The van der Waals surface area contributed by atoms with Crippen LogP contribution in [-0.4, -0.2) is 23.5 Å². The fourth-order valence-corrected chi connectivity index (χ4v) is 1.77. The molecule has 12 heavy (non-hydrogen) atoms. The van der Waals surface area contributed by atoms with Crippen LogP contribution in [0.5, 0.6) is 0 Å². The molecule has 0 radical (unpaired) electrons. The van der Waals surface area contributed by atoms with Crippen LogP contribution >= 0.6 is 22.9 Å². The van der Waals surface area contributed by atoms with E-state index >= 15 is 0 Å². The normalized spacial score (nSPS) is 10.8. The third-order valence-electron chi connectivity index (χ3n) is 2.07. The molecule has 58 valence electrons. The lowest BCUT2D eigenvalue weighted by Gasteiger charge is -2.00. The Morgan fingerprint density at radius 1 is 1.42 bits per heavy atom. The lowest BCUT2D eigenvalue weighted by atomic mass is 9.85. The number of hydrogen-bond acceptors (Lipinski definition) is 1. The van der Waals surface area contributed by atoms with E-state index in [0.29, 0.717) is 0 Å². The number of pyridine rings is 1. The van der Waals surface area contributed by atoms with Crippen molar-refractivity contribution in [3.63, 3.8) is 0 Å². The number of fused-ring (bicyclic) bond motifs is 1. The molecule has 5 heteroatoms. The van der Waals surface area contributed by atoms with Crippen molar-refractivity contribution in [2.24, 2.45) is 0 Å². The van der Waals surface area contributed by atoms with Gasteiger partial charge in [-0.15, -0.1) is 0 Å². The highest BCUT2D eigenvalue weighted by molar-refractivity contribution is 14.1. The third-order valence-corrected chi connectivity index (χ3v) is 2.91. The van der Waals surface area contributed by atoms with Crippen molar-refractivity contribution in [2.75, 3.05) is 0 Å². The highest BCUT2D eigenvalue weighted by atomic mass is 127. The molecule has 2 aromatic heterocycles. The zero-order valence-corrected chi connectivity index (χ0v) is 9.16. The van der Waals surface area contributed by atoms with Gasteiger partial charge in [-0.25, -0.2) is 0 Å². The molecule has 2 aromatic rings. The molecule has 0 N–H and O–H groups in total. The third kappa shape index (κ3) is 1.16. The maximum absolute atomic E-state index is 4.47. The van der Waals surface area contributed by atoms with Crippen molar-refractivity contribution in [3.8, 4) is 0 Å². The number of rotatable bonds is 0. The molecule has 0 amide bonds. The Labute approximate surface area is 86.7 Å². The first-order chi connectivity index (χ1) is 5.68. The summed E-state index contributed by atoms with van der Waals surface area (Å²) in [6.45, 7) is 0. The van der Waals surface area contributed by atoms with Gasteiger partial charge >= 0.3 is 0 Å². The molecule has 2 rings (SSSR count). The molecular weight excluding hydrogens is 261 g/mol. The summed E-state index contributed by atoms with van der Waals surface area (Å²) in [4.78, 5) is 4.47. The first-order valence-corrected chi connectivity index (χ1v) is 4.76. The average molecular weight is 268 g/mol. The topological polar surface area (TPSA) is 17.8 Å². The van der Waals surface area contributed by atoms with Gasteiger partial charge in [0.25, 0.3) is 0 Å². The fraction of sp³-hybridized carbons (Fsp3) is 0. The van der Waals surface area contributed by atoms with Crippen molar-refractivity contribution in [1.82, 2.24) is 7.76 Å². The molecule has 0 saturated carbocycles. The average Bonchev–Trinajstić information content (AvgIpc) is 2.35. The standard InChI is InChI=1S/C7H7B2IN2/c8-4-3-6-5(11-7(4)9)1-2-12(6)10/h1-3H,8-9H2. The van der Waals surface area contributed by atoms with Crippen LogP contribution in [0.4, 0.5) is 0 Å². The van der Waals surface area contributed by atoms with E-state index in [2.05, 4.69) is 44.5 Å². The van der Waals surface area contributed by atoms with E-state index in [9.17, 15) is 0 Å². The van der Waals surface area contributed by atoms with E-state index in [1.807, 2.05) is 20.1 Å². The van der Waals surface area contributed by atoms with Gasteiger partial charge in [0.15, 0.2) is 7.85 Å². The molecule has 0 spiro atoms. The molecule has 2 nitrogen and oxygen atoms in total. The number of nitrogens with zero attached hydrogens (tertiary/aromatic N) is 2. The largest absolute Gasteiger partial charge is 0.288 e. The van der Waals surface area contributed by atoms with Crippen LogP contribution in [0.1, 0.15) is 0 Å². The van der Waals surface area contributed by atoms with Crippen LogP contribution in [-0.2, 0) is 0 Å². The molecule has 0 saturated heterocycles. The highest BCUT2D eigenvalue weighted by Gasteiger charge is 2.01. The Morgan fingerprint density at radius 3 is 2.92 bits per heavy atom. The first kappa shape index (κ1) is 8.16. The second-order valence-corrected chi connectivity index (χ2v) is 3.96. The maximum atomic E-state index is 4.47. The quantitative estimate of drug-likeness (QED) is 0.431. The highest BCUT2D eigenvalue weighted by Crippen LogP contribution is 2.12. The van der Waals surface area contributed by atoms with Crippen molar-refractivity contribution >= 4 is 60.6 Å². The number of aromatic nitrogens is 2. The predicted octanol–water partition coefficient (Wildman–Crippen LogP) is -1.25. The molecule has 0 atom stereocenters. The molecular formula is C7H7B2IN2. The summed E-state index contributed by atoms with van der Waals surface area (Å²) in [6, 6.07) is 4.21. The summed E-state index contributed by atoms with van der Waals surface area (Å²) in [5.74, 6) is 0.